The van der Waals surface area contributed by atoms with E-state index in [-0.39, 0.29) is 11.8 Å². The molecule has 0 aliphatic carbocycles. The van der Waals surface area contributed by atoms with Crippen molar-refractivity contribution < 1.29 is 14.1 Å². The summed E-state index contributed by atoms with van der Waals surface area (Å²) in [6, 6.07) is 17.5. The van der Waals surface area contributed by atoms with Gasteiger partial charge in [-0.15, -0.1) is 0 Å². The average molecular weight is 391 g/mol. The molecule has 6 nitrogen and oxygen atoms in total. The number of nitrogens with zero attached hydrogens (tertiary/aromatic N) is 3. The van der Waals surface area contributed by atoms with Crippen molar-refractivity contribution >= 4 is 5.91 Å². The molecular formula is C23H25N3O3. The zero-order valence-corrected chi connectivity index (χ0v) is 16.7. The average Bonchev–Trinajstić information content (AvgIpc) is 3.25. The molecule has 1 atom stereocenters. The molecule has 1 fully saturated rings. The molecule has 0 saturated carbocycles. The number of amides is 1. The number of carbonyl (C=O) groups is 1. The maximum absolute atomic E-state index is 12.7. The number of para-hydroxylation sites is 1. The first kappa shape index (κ1) is 19.2. The Morgan fingerprint density at radius 1 is 1.10 bits per heavy atom. The van der Waals surface area contributed by atoms with E-state index in [4.69, 9.17) is 9.26 Å². The van der Waals surface area contributed by atoms with Crippen LogP contribution in [0.3, 0.4) is 0 Å². The maximum atomic E-state index is 12.7. The quantitative estimate of drug-likeness (QED) is 0.651. The van der Waals surface area contributed by atoms with E-state index in [9.17, 15) is 4.79 Å². The van der Waals surface area contributed by atoms with Crippen molar-refractivity contribution in [2.75, 3.05) is 13.1 Å². The molecule has 1 aliphatic heterocycles. The lowest BCUT2D eigenvalue weighted by Gasteiger charge is -2.32. The van der Waals surface area contributed by atoms with Gasteiger partial charge in [0, 0.05) is 24.6 Å². The van der Waals surface area contributed by atoms with E-state index >= 15 is 0 Å². The highest BCUT2D eigenvalue weighted by atomic mass is 16.5. The molecule has 150 valence electrons. The van der Waals surface area contributed by atoms with Gasteiger partial charge in [-0.1, -0.05) is 53.2 Å². The highest BCUT2D eigenvalue weighted by Crippen LogP contribution is 2.29. The molecule has 3 aromatic rings. The van der Waals surface area contributed by atoms with Crippen LogP contribution >= 0.6 is 0 Å². The zero-order chi connectivity index (χ0) is 20.2. The van der Waals surface area contributed by atoms with Gasteiger partial charge in [0.2, 0.25) is 11.7 Å². The van der Waals surface area contributed by atoms with Crippen molar-refractivity contribution in [3.63, 3.8) is 0 Å². The fourth-order valence-electron chi connectivity index (χ4n) is 3.58. The van der Waals surface area contributed by atoms with E-state index in [0.717, 1.165) is 18.4 Å². The Morgan fingerprint density at radius 3 is 2.48 bits per heavy atom. The Morgan fingerprint density at radius 2 is 1.79 bits per heavy atom. The van der Waals surface area contributed by atoms with Gasteiger partial charge in [0.15, 0.2) is 6.10 Å². The number of benzene rings is 2. The lowest BCUT2D eigenvalue weighted by atomic mass is 9.96. The molecular weight excluding hydrogens is 366 g/mol. The van der Waals surface area contributed by atoms with E-state index in [0.29, 0.717) is 30.6 Å². The molecule has 0 bridgehead atoms. The first-order valence-corrected chi connectivity index (χ1v) is 10.0. The zero-order valence-electron chi connectivity index (χ0n) is 16.7. The second-order valence-electron chi connectivity index (χ2n) is 7.49. The van der Waals surface area contributed by atoms with Crippen LogP contribution < -0.4 is 4.74 Å². The smallest absolute Gasteiger partial charge is 0.263 e. The Hall–Kier alpha value is -3.15. The predicted octanol–water partition coefficient (Wildman–Crippen LogP) is 4.22. The number of carbonyl (C=O) groups excluding carboxylic acids is 1. The number of aryl methyl sites for hydroxylation is 1. The Balaban J connectivity index is 1.33. The maximum Gasteiger partial charge on any atom is 0.263 e. The standard InChI is InChI=1S/C23H25N3O3/c1-16-8-10-18(11-9-16)21-24-22(29-25-21)19-12-14-26(15-13-19)23(27)17(2)28-20-6-4-3-5-7-20/h3-11,17,19H,12-15H2,1-2H3/t17-/m0/s1. The molecule has 0 N–H and O–H groups in total. The molecule has 2 aromatic carbocycles. The minimum Gasteiger partial charge on any atom is -0.481 e. The molecule has 0 unspecified atom stereocenters. The number of aromatic nitrogens is 2. The second-order valence-corrected chi connectivity index (χ2v) is 7.49. The third-order valence-corrected chi connectivity index (χ3v) is 5.31. The Bertz CT molecular complexity index is 945. The van der Waals surface area contributed by atoms with Gasteiger partial charge in [0.1, 0.15) is 5.75 Å². The van der Waals surface area contributed by atoms with Crippen molar-refractivity contribution in [2.24, 2.45) is 0 Å². The van der Waals surface area contributed by atoms with Gasteiger partial charge in [-0.25, -0.2) is 0 Å². The number of hydrogen-bond acceptors (Lipinski definition) is 5. The van der Waals surface area contributed by atoms with Crippen molar-refractivity contribution in [3.05, 3.63) is 66.1 Å². The lowest BCUT2D eigenvalue weighted by Crippen LogP contribution is -2.44. The Kier molecular flexibility index (Phi) is 5.60. The number of ether oxygens (including phenoxy) is 1. The summed E-state index contributed by atoms with van der Waals surface area (Å²) in [5, 5.41) is 4.13. The summed E-state index contributed by atoms with van der Waals surface area (Å²) >= 11 is 0. The SMILES string of the molecule is Cc1ccc(-c2noc(C3CCN(C(=O)[C@H](C)Oc4ccccc4)CC3)n2)cc1. The summed E-state index contributed by atoms with van der Waals surface area (Å²) in [5.74, 6) is 2.16. The highest BCUT2D eigenvalue weighted by molar-refractivity contribution is 5.81. The van der Waals surface area contributed by atoms with E-state index in [2.05, 4.69) is 10.1 Å². The minimum atomic E-state index is -0.509. The largest absolute Gasteiger partial charge is 0.481 e. The fourth-order valence-corrected chi connectivity index (χ4v) is 3.58. The van der Waals surface area contributed by atoms with Crippen LogP contribution in [0.4, 0.5) is 0 Å². The van der Waals surface area contributed by atoms with E-state index in [1.54, 1.807) is 6.92 Å². The molecule has 1 aliphatic rings. The molecule has 1 amide bonds. The predicted molar refractivity (Wildman–Crippen MR) is 110 cm³/mol. The van der Waals surface area contributed by atoms with Crippen LogP contribution in [0, 0.1) is 6.92 Å². The van der Waals surface area contributed by atoms with Crippen LogP contribution in [0.1, 0.15) is 37.1 Å². The number of piperidine rings is 1. The lowest BCUT2D eigenvalue weighted by molar-refractivity contribution is -0.139. The number of hydrogen-bond donors (Lipinski definition) is 0. The van der Waals surface area contributed by atoms with Crippen LogP contribution in [0.2, 0.25) is 0 Å². The molecule has 1 aromatic heterocycles. The minimum absolute atomic E-state index is 0.0122. The molecule has 0 spiro atoms. The number of likely N-dealkylation sites (tertiary alicyclic amines) is 1. The van der Waals surface area contributed by atoms with Crippen molar-refractivity contribution in [1.29, 1.82) is 0 Å². The van der Waals surface area contributed by atoms with Gasteiger partial charge in [-0.05, 0) is 38.8 Å². The second kappa shape index (κ2) is 8.47. The molecule has 6 heteroatoms. The Labute approximate surface area is 170 Å². The van der Waals surface area contributed by atoms with Crippen LogP contribution in [0.15, 0.2) is 59.1 Å². The third kappa shape index (κ3) is 4.47. The van der Waals surface area contributed by atoms with E-state index in [1.807, 2.05) is 66.4 Å². The molecule has 0 radical (unpaired) electrons. The van der Waals surface area contributed by atoms with E-state index in [1.165, 1.54) is 5.56 Å². The van der Waals surface area contributed by atoms with Gasteiger partial charge >= 0.3 is 0 Å². The van der Waals surface area contributed by atoms with Gasteiger partial charge in [0.25, 0.3) is 5.91 Å². The van der Waals surface area contributed by atoms with Gasteiger partial charge < -0.3 is 14.2 Å². The third-order valence-electron chi connectivity index (χ3n) is 5.31. The molecule has 29 heavy (non-hydrogen) atoms. The first-order valence-electron chi connectivity index (χ1n) is 10.0. The number of rotatable bonds is 5. The van der Waals surface area contributed by atoms with Crippen molar-refractivity contribution in [1.82, 2.24) is 15.0 Å². The molecule has 4 rings (SSSR count). The van der Waals surface area contributed by atoms with Gasteiger partial charge in [0.05, 0.1) is 0 Å². The van der Waals surface area contributed by atoms with Crippen molar-refractivity contribution in [3.8, 4) is 17.1 Å². The van der Waals surface area contributed by atoms with Crippen LogP contribution in [-0.4, -0.2) is 40.1 Å². The summed E-state index contributed by atoms with van der Waals surface area (Å²) in [4.78, 5) is 19.2. The van der Waals surface area contributed by atoms with E-state index < -0.39 is 6.10 Å². The van der Waals surface area contributed by atoms with Crippen LogP contribution in [0.5, 0.6) is 5.75 Å². The summed E-state index contributed by atoms with van der Waals surface area (Å²) in [7, 11) is 0. The topological polar surface area (TPSA) is 68.5 Å². The van der Waals surface area contributed by atoms with Crippen LogP contribution in [0.25, 0.3) is 11.4 Å². The monoisotopic (exact) mass is 391 g/mol. The highest BCUT2D eigenvalue weighted by Gasteiger charge is 2.30. The fraction of sp³-hybridized carbons (Fsp3) is 0.348. The van der Waals surface area contributed by atoms with Crippen LogP contribution in [-0.2, 0) is 4.79 Å². The van der Waals surface area contributed by atoms with Crippen molar-refractivity contribution in [2.45, 2.75) is 38.7 Å². The summed E-state index contributed by atoms with van der Waals surface area (Å²) in [6.07, 6.45) is 1.10. The first-order chi connectivity index (χ1) is 14.1. The summed E-state index contributed by atoms with van der Waals surface area (Å²) < 4.78 is 11.3. The van der Waals surface area contributed by atoms with Gasteiger partial charge in [-0.2, -0.15) is 4.98 Å². The van der Waals surface area contributed by atoms with Gasteiger partial charge in [-0.3, -0.25) is 4.79 Å². The molecule has 2 heterocycles. The molecule has 1 saturated heterocycles. The summed E-state index contributed by atoms with van der Waals surface area (Å²) in [6.45, 7) is 5.17. The summed E-state index contributed by atoms with van der Waals surface area (Å²) in [5.41, 5.74) is 2.14. The normalized spacial score (nSPS) is 15.9.